The number of aryl methyl sites for hydroxylation is 2. The molecule has 2 heterocycles. The van der Waals surface area contributed by atoms with Crippen molar-refractivity contribution in [2.45, 2.75) is 13.0 Å². The Morgan fingerprint density at radius 3 is 2.90 bits per heavy atom. The van der Waals surface area contributed by atoms with E-state index in [2.05, 4.69) is 10.1 Å². The molecule has 0 aliphatic heterocycles. The minimum Gasteiger partial charge on any atom is -0.372 e. The molecule has 0 spiro atoms. The van der Waals surface area contributed by atoms with E-state index in [0.29, 0.717) is 19.6 Å². The Bertz CT molecular complexity index is 596. The van der Waals surface area contributed by atoms with Crippen LogP contribution >= 0.6 is 0 Å². The molecule has 0 aliphatic rings. The number of hydrogen-bond acceptors (Lipinski definition) is 5. The number of hydrogen-bond donors (Lipinski definition) is 1. The first kappa shape index (κ1) is 14.2. The number of nitrogens with two attached hydrogens (primary N) is 1. The predicted molar refractivity (Wildman–Crippen MR) is 78.8 cm³/mol. The van der Waals surface area contributed by atoms with Gasteiger partial charge in [0.25, 0.3) is 5.56 Å². The van der Waals surface area contributed by atoms with Crippen molar-refractivity contribution in [2.24, 2.45) is 5.73 Å². The van der Waals surface area contributed by atoms with Crippen molar-refractivity contribution in [1.82, 2.24) is 14.8 Å². The van der Waals surface area contributed by atoms with Crippen LogP contribution < -0.4 is 16.2 Å². The average molecular weight is 273 g/mol. The summed E-state index contributed by atoms with van der Waals surface area (Å²) < 4.78 is 1.47. The van der Waals surface area contributed by atoms with Crippen molar-refractivity contribution >= 4 is 5.69 Å². The molecule has 2 rings (SSSR count). The van der Waals surface area contributed by atoms with Gasteiger partial charge in [-0.05, 0) is 18.1 Å². The lowest BCUT2D eigenvalue weighted by Gasteiger charge is -2.17. The van der Waals surface area contributed by atoms with Crippen LogP contribution in [0.25, 0.3) is 0 Å². The third-order valence-corrected chi connectivity index (χ3v) is 3.10. The van der Waals surface area contributed by atoms with E-state index in [1.165, 1.54) is 4.68 Å². The van der Waals surface area contributed by atoms with Crippen molar-refractivity contribution in [1.29, 1.82) is 0 Å². The van der Waals surface area contributed by atoms with Crippen molar-refractivity contribution in [3.05, 3.63) is 52.7 Å². The number of likely N-dealkylation sites (N-methyl/N-ethyl adjacent to an activating group) is 1. The molecule has 106 valence electrons. The van der Waals surface area contributed by atoms with Crippen LogP contribution in [0.3, 0.4) is 0 Å². The highest BCUT2D eigenvalue weighted by Crippen LogP contribution is 2.06. The summed E-state index contributed by atoms with van der Waals surface area (Å²) in [7, 11) is 1.89. The molecule has 6 nitrogen and oxygen atoms in total. The second-order valence-electron chi connectivity index (χ2n) is 4.60. The Morgan fingerprint density at radius 1 is 1.40 bits per heavy atom. The third-order valence-electron chi connectivity index (χ3n) is 3.10. The summed E-state index contributed by atoms with van der Waals surface area (Å²) in [5, 5.41) is 4.20. The van der Waals surface area contributed by atoms with Gasteiger partial charge in [-0.1, -0.05) is 6.07 Å². The molecule has 0 bridgehead atoms. The first-order valence-corrected chi connectivity index (χ1v) is 6.58. The zero-order valence-corrected chi connectivity index (χ0v) is 11.6. The lowest BCUT2D eigenvalue weighted by atomic mass is 10.2. The molecule has 0 saturated heterocycles. The molecule has 0 saturated carbocycles. The van der Waals surface area contributed by atoms with E-state index >= 15 is 0 Å². The van der Waals surface area contributed by atoms with Gasteiger partial charge in [-0.25, -0.2) is 4.68 Å². The highest BCUT2D eigenvalue weighted by molar-refractivity contribution is 5.41. The van der Waals surface area contributed by atoms with Gasteiger partial charge in [0.2, 0.25) is 0 Å². The highest BCUT2D eigenvalue weighted by Gasteiger charge is 2.04. The summed E-state index contributed by atoms with van der Waals surface area (Å²) in [6.45, 7) is 1.78. The van der Waals surface area contributed by atoms with Gasteiger partial charge in [0.05, 0.1) is 11.9 Å². The van der Waals surface area contributed by atoms with E-state index in [1.807, 2.05) is 24.1 Å². The summed E-state index contributed by atoms with van der Waals surface area (Å²) in [6, 6.07) is 5.46. The standard InChI is InChI=1S/C14H19N5O/c1-18(8-5-15)13-9-14(20)19(17-11-13)7-4-12-3-2-6-16-10-12/h2-3,6,9-11H,4-5,7-8,15H2,1H3. The first-order valence-electron chi connectivity index (χ1n) is 6.58. The topological polar surface area (TPSA) is 77.0 Å². The highest BCUT2D eigenvalue weighted by atomic mass is 16.1. The van der Waals surface area contributed by atoms with Gasteiger partial charge in [0.1, 0.15) is 0 Å². The largest absolute Gasteiger partial charge is 0.372 e. The first-order chi connectivity index (χ1) is 9.70. The van der Waals surface area contributed by atoms with Gasteiger partial charge in [0.15, 0.2) is 0 Å². The number of nitrogens with zero attached hydrogens (tertiary/aromatic N) is 4. The molecule has 0 unspecified atom stereocenters. The minimum atomic E-state index is -0.102. The van der Waals surface area contributed by atoms with Gasteiger partial charge >= 0.3 is 0 Å². The molecular weight excluding hydrogens is 254 g/mol. The normalized spacial score (nSPS) is 10.5. The van der Waals surface area contributed by atoms with Gasteiger partial charge in [-0.3, -0.25) is 9.78 Å². The maximum atomic E-state index is 12.0. The molecule has 0 atom stereocenters. The van der Waals surface area contributed by atoms with Crippen LogP contribution in [0.4, 0.5) is 5.69 Å². The molecule has 6 heteroatoms. The fourth-order valence-electron chi connectivity index (χ4n) is 1.90. The average Bonchev–Trinajstić information content (AvgIpc) is 2.47. The van der Waals surface area contributed by atoms with Crippen molar-refractivity contribution < 1.29 is 0 Å². The molecule has 2 aromatic rings. The molecule has 0 aliphatic carbocycles. The quantitative estimate of drug-likeness (QED) is 0.818. The Kier molecular flexibility index (Phi) is 4.84. The zero-order chi connectivity index (χ0) is 14.4. The fraction of sp³-hybridized carbons (Fsp3) is 0.357. The molecule has 0 aromatic carbocycles. The molecule has 0 fully saturated rings. The Morgan fingerprint density at radius 2 is 2.25 bits per heavy atom. The number of rotatable bonds is 6. The molecule has 2 aromatic heterocycles. The second kappa shape index (κ2) is 6.81. The SMILES string of the molecule is CN(CCN)c1cnn(CCc2cccnc2)c(=O)c1. The molecule has 2 N–H and O–H groups in total. The van der Waals surface area contributed by atoms with Crippen LogP contribution in [0.5, 0.6) is 0 Å². The number of pyridine rings is 1. The van der Waals surface area contributed by atoms with Crippen LogP contribution in [0.2, 0.25) is 0 Å². The molecule has 20 heavy (non-hydrogen) atoms. The summed E-state index contributed by atoms with van der Waals surface area (Å²) in [6.07, 6.45) is 5.96. The van der Waals surface area contributed by atoms with E-state index < -0.39 is 0 Å². The van der Waals surface area contributed by atoms with Crippen molar-refractivity contribution in [2.75, 3.05) is 25.0 Å². The van der Waals surface area contributed by atoms with Gasteiger partial charge < -0.3 is 10.6 Å². The van der Waals surface area contributed by atoms with Crippen molar-refractivity contribution in [3.8, 4) is 0 Å². The maximum absolute atomic E-state index is 12.0. The number of aromatic nitrogens is 3. The lowest BCUT2D eigenvalue weighted by Crippen LogP contribution is -2.29. The van der Waals surface area contributed by atoms with Crippen LogP contribution in [-0.4, -0.2) is 34.9 Å². The monoisotopic (exact) mass is 273 g/mol. The number of anilines is 1. The van der Waals surface area contributed by atoms with Gasteiger partial charge in [-0.2, -0.15) is 5.10 Å². The lowest BCUT2D eigenvalue weighted by molar-refractivity contribution is 0.576. The summed E-state index contributed by atoms with van der Waals surface area (Å²) in [4.78, 5) is 18.0. The Balaban J connectivity index is 2.05. The molecule has 0 amide bonds. The second-order valence-corrected chi connectivity index (χ2v) is 4.60. The minimum absolute atomic E-state index is 0.102. The van der Waals surface area contributed by atoms with E-state index in [0.717, 1.165) is 17.7 Å². The van der Waals surface area contributed by atoms with Crippen LogP contribution in [-0.2, 0) is 13.0 Å². The van der Waals surface area contributed by atoms with E-state index in [4.69, 9.17) is 5.73 Å². The zero-order valence-electron chi connectivity index (χ0n) is 11.6. The molecule has 0 radical (unpaired) electrons. The van der Waals surface area contributed by atoms with Crippen LogP contribution in [0.15, 0.2) is 41.6 Å². The van der Waals surface area contributed by atoms with E-state index in [9.17, 15) is 4.79 Å². The van der Waals surface area contributed by atoms with Crippen molar-refractivity contribution in [3.63, 3.8) is 0 Å². The summed E-state index contributed by atoms with van der Waals surface area (Å²) >= 11 is 0. The third kappa shape index (κ3) is 3.64. The fourth-order valence-corrected chi connectivity index (χ4v) is 1.90. The predicted octanol–water partition coefficient (Wildman–Crippen LogP) is 0.276. The Labute approximate surface area is 117 Å². The molecular formula is C14H19N5O. The van der Waals surface area contributed by atoms with Crippen LogP contribution in [0.1, 0.15) is 5.56 Å². The van der Waals surface area contributed by atoms with Gasteiger partial charge in [-0.15, -0.1) is 0 Å². The van der Waals surface area contributed by atoms with Crippen LogP contribution in [0, 0.1) is 0 Å². The Hall–Kier alpha value is -2.21. The van der Waals surface area contributed by atoms with E-state index in [1.54, 1.807) is 24.7 Å². The van der Waals surface area contributed by atoms with Gasteiger partial charge in [0, 0.05) is 45.1 Å². The smallest absolute Gasteiger partial charge is 0.268 e. The maximum Gasteiger partial charge on any atom is 0.268 e. The van der Waals surface area contributed by atoms with E-state index in [-0.39, 0.29) is 5.56 Å². The summed E-state index contributed by atoms with van der Waals surface area (Å²) in [5.41, 5.74) is 7.27. The summed E-state index contributed by atoms with van der Waals surface area (Å²) in [5.74, 6) is 0.